The normalized spacial score (nSPS) is 47.8. The quantitative estimate of drug-likeness (QED) is 0.483. The molecular formula is C8H12O. The van der Waals surface area contributed by atoms with E-state index < -0.39 is 0 Å². The summed E-state index contributed by atoms with van der Waals surface area (Å²) >= 11 is 0. The number of aliphatic hydroxyl groups is 1. The fraction of sp³-hybridized carbons (Fsp3) is 0.750. The lowest BCUT2D eigenvalue weighted by molar-refractivity contribution is 0.133. The molecular weight excluding hydrogens is 112 g/mol. The third-order valence-electron chi connectivity index (χ3n) is 2.67. The first kappa shape index (κ1) is 5.48. The minimum absolute atomic E-state index is 0.0139. The molecule has 2 aliphatic carbocycles. The second-order valence-electron chi connectivity index (χ2n) is 3.25. The summed E-state index contributed by atoms with van der Waals surface area (Å²) in [7, 11) is 0. The van der Waals surface area contributed by atoms with Crippen LogP contribution in [-0.2, 0) is 0 Å². The molecule has 0 aromatic heterocycles. The Bertz CT molecular complexity index is 160. The van der Waals surface area contributed by atoms with Gasteiger partial charge in [-0.1, -0.05) is 11.6 Å². The van der Waals surface area contributed by atoms with E-state index in [0.29, 0.717) is 5.92 Å². The van der Waals surface area contributed by atoms with Gasteiger partial charge in [0.25, 0.3) is 0 Å². The third-order valence-corrected chi connectivity index (χ3v) is 2.67. The Balaban J connectivity index is 2.19. The van der Waals surface area contributed by atoms with E-state index in [1.807, 2.05) is 0 Å². The van der Waals surface area contributed by atoms with Crippen molar-refractivity contribution in [1.82, 2.24) is 0 Å². The van der Waals surface area contributed by atoms with E-state index in [1.54, 1.807) is 0 Å². The van der Waals surface area contributed by atoms with Gasteiger partial charge in [-0.2, -0.15) is 0 Å². The molecule has 9 heavy (non-hydrogen) atoms. The summed E-state index contributed by atoms with van der Waals surface area (Å²) in [6.45, 7) is 2.12. The van der Waals surface area contributed by atoms with Crippen LogP contribution < -0.4 is 0 Å². The fourth-order valence-electron chi connectivity index (χ4n) is 2.17. The Morgan fingerprint density at radius 3 is 2.78 bits per heavy atom. The maximum Gasteiger partial charge on any atom is 0.0611 e. The Hall–Kier alpha value is -0.300. The van der Waals surface area contributed by atoms with Crippen molar-refractivity contribution in [2.45, 2.75) is 25.9 Å². The van der Waals surface area contributed by atoms with Gasteiger partial charge in [0.15, 0.2) is 0 Å². The molecule has 1 heteroatoms. The van der Waals surface area contributed by atoms with Crippen LogP contribution in [0.5, 0.6) is 0 Å². The van der Waals surface area contributed by atoms with Gasteiger partial charge in [-0.15, -0.1) is 0 Å². The molecule has 1 fully saturated rings. The number of hydrogen-bond acceptors (Lipinski definition) is 1. The summed E-state index contributed by atoms with van der Waals surface area (Å²) in [6, 6.07) is 0. The molecule has 2 rings (SSSR count). The Kier molecular flexibility index (Phi) is 0.974. The van der Waals surface area contributed by atoms with Gasteiger partial charge in [0.1, 0.15) is 0 Å². The zero-order valence-corrected chi connectivity index (χ0v) is 5.67. The Morgan fingerprint density at radius 2 is 2.33 bits per heavy atom. The molecule has 0 radical (unpaired) electrons. The van der Waals surface area contributed by atoms with Crippen molar-refractivity contribution >= 4 is 0 Å². The molecule has 3 atom stereocenters. The summed E-state index contributed by atoms with van der Waals surface area (Å²) < 4.78 is 0. The van der Waals surface area contributed by atoms with Crippen LogP contribution in [0.3, 0.4) is 0 Å². The van der Waals surface area contributed by atoms with Crippen molar-refractivity contribution < 1.29 is 5.11 Å². The predicted octanol–water partition coefficient (Wildman–Crippen LogP) is 1.33. The zero-order valence-electron chi connectivity index (χ0n) is 5.67. The molecule has 0 aromatic carbocycles. The molecule has 1 nitrogen and oxygen atoms in total. The average molecular weight is 124 g/mol. The van der Waals surface area contributed by atoms with E-state index in [-0.39, 0.29) is 6.10 Å². The molecule has 0 spiro atoms. The number of fused-ring (bicyclic) bond motifs is 1. The standard InChI is InChI=1S/C8H12O/c1-5-4-6-2-3-7(9)8(5)6/h4,6-9H,2-3H2,1H3/t6-,7+,8+/m1/s1. The first-order valence-corrected chi connectivity index (χ1v) is 3.65. The van der Waals surface area contributed by atoms with Crippen LogP contribution in [0.15, 0.2) is 11.6 Å². The van der Waals surface area contributed by atoms with Crippen molar-refractivity contribution in [1.29, 1.82) is 0 Å². The van der Waals surface area contributed by atoms with E-state index in [9.17, 15) is 5.11 Å². The van der Waals surface area contributed by atoms with E-state index in [2.05, 4.69) is 13.0 Å². The largest absolute Gasteiger partial charge is 0.392 e. The van der Waals surface area contributed by atoms with E-state index >= 15 is 0 Å². The van der Waals surface area contributed by atoms with Crippen LogP contribution >= 0.6 is 0 Å². The summed E-state index contributed by atoms with van der Waals surface area (Å²) in [5.74, 6) is 1.28. The highest BCUT2D eigenvalue weighted by atomic mass is 16.3. The predicted molar refractivity (Wildman–Crippen MR) is 36.0 cm³/mol. The van der Waals surface area contributed by atoms with Gasteiger partial charge in [-0.05, 0) is 25.7 Å². The number of allylic oxidation sites excluding steroid dienone is 1. The van der Waals surface area contributed by atoms with Gasteiger partial charge < -0.3 is 5.11 Å². The third kappa shape index (κ3) is 0.584. The van der Waals surface area contributed by atoms with Crippen molar-refractivity contribution in [3.8, 4) is 0 Å². The van der Waals surface area contributed by atoms with Crippen molar-refractivity contribution in [3.05, 3.63) is 11.6 Å². The monoisotopic (exact) mass is 124 g/mol. The van der Waals surface area contributed by atoms with E-state index in [0.717, 1.165) is 12.3 Å². The molecule has 0 saturated heterocycles. The highest BCUT2D eigenvalue weighted by Gasteiger charge is 2.40. The first-order valence-electron chi connectivity index (χ1n) is 3.65. The molecule has 0 bridgehead atoms. The van der Waals surface area contributed by atoms with E-state index in [4.69, 9.17) is 0 Å². The lowest BCUT2D eigenvalue weighted by Crippen LogP contribution is -2.26. The fourth-order valence-corrected chi connectivity index (χ4v) is 2.17. The summed E-state index contributed by atoms with van der Waals surface area (Å²) in [5, 5.41) is 9.35. The van der Waals surface area contributed by atoms with Crippen molar-refractivity contribution in [2.75, 3.05) is 0 Å². The minimum Gasteiger partial charge on any atom is -0.392 e. The molecule has 1 saturated carbocycles. The highest BCUT2D eigenvalue weighted by Crippen LogP contribution is 2.45. The SMILES string of the molecule is CC1=C[C@H]2CC[C@H](O)[C@@H]12. The van der Waals surface area contributed by atoms with Crippen LogP contribution in [0, 0.1) is 11.8 Å². The van der Waals surface area contributed by atoms with Crippen LogP contribution in [0.4, 0.5) is 0 Å². The van der Waals surface area contributed by atoms with Gasteiger partial charge in [0.2, 0.25) is 0 Å². The molecule has 0 aliphatic heterocycles. The number of rotatable bonds is 0. The summed E-state index contributed by atoms with van der Waals surface area (Å²) in [4.78, 5) is 0. The molecule has 0 heterocycles. The van der Waals surface area contributed by atoms with Crippen LogP contribution in [0.25, 0.3) is 0 Å². The molecule has 2 aliphatic rings. The Labute approximate surface area is 55.4 Å². The van der Waals surface area contributed by atoms with Crippen molar-refractivity contribution in [2.24, 2.45) is 11.8 Å². The van der Waals surface area contributed by atoms with E-state index in [1.165, 1.54) is 12.0 Å². The lowest BCUT2D eigenvalue weighted by atomic mass is 9.77. The van der Waals surface area contributed by atoms with Crippen LogP contribution in [0.1, 0.15) is 19.8 Å². The topological polar surface area (TPSA) is 20.2 Å². The second-order valence-corrected chi connectivity index (χ2v) is 3.25. The van der Waals surface area contributed by atoms with Crippen molar-refractivity contribution in [3.63, 3.8) is 0 Å². The maximum absolute atomic E-state index is 9.35. The van der Waals surface area contributed by atoms with Gasteiger partial charge in [0, 0.05) is 5.92 Å². The van der Waals surface area contributed by atoms with Crippen LogP contribution in [0.2, 0.25) is 0 Å². The average Bonchev–Trinajstić information content (AvgIpc) is 2.04. The molecule has 0 aromatic rings. The summed E-state index contributed by atoms with van der Waals surface area (Å²) in [5.41, 5.74) is 1.41. The van der Waals surface area contributed by atoms with Gasteiger partial charge in [-0.3, -0.25) is 0 Å². The summed E-state index contributed by atoms with van der Waals surface area (Å²) in [6.07, 6.45) is 4.51. The zero-order chi connectivity index (χ0) is 6.43. The van der Waals surface area contributed by atoms with Crippen LogP contribution in [-0.4, -0.2) is 11.2 Å². The maximum atomic E-state index is 9.35. The smallest absolute Gasteiger partial charge is 0.0611 e. The minimum atomic E-state index is -0.0139. The second kappa shape index (κ2) is 1.60. The molecule has 0 amide bonds. The molecule has 1 N–H and O–H groups in total. The molecule has 0 unspecified atom stereocenters. The van der Waals surface area contributed by atoms with Gasteiger partial charge in [-0.25, -0.2) is 0 Å². The lowest BCUT2D eigenvalue weighted by Gasteiger charge is -2.29. The van der Waals surface area contributed by atoms with Gasteiger partial charge in [0.05, 0.1) is 6.10 Å². The first-order chi connectivity index (χ1) is 4.29. The number of hydrogen-bond donors (Lipinski definition) is 1. The highest BCUT2D eigenvalue weighted by molar-refractivity contribution is 5.24. The van der Waals surface area contributed by atoms with Gasteiger partial charge >= 0.3 is 0 Å². The number of aliphatic hydroxyl groups excluding tert-OH is 1. The molecule has 50 valence electrons. The Morgan fingerprint density at radius 1 is 1.56 bits per heavy atom.